The summed E-state index contributed by atoms with van der Waals surface area (Å²) in [5, 5.41) is 0. The molecule has 3 heteroatoms. The van der Waals surface area contributed by atoms with E-state index < -0.39 is 0 Å². The Morgan fingerprint density at radius 1 is 1.50 bits per heavy atom. The minimum Gasteiger partial charge on any atom is -0.402 e. The van der Waals surface area contributed by atoms with Crippen LogP contribution in [-0.4, -0.2) is 26.5 Å². The highest BCUT2D eigenvalue weighted by Crippen LogP contribution is 2.08. The highest BCUT2D eigenvalue weighted by atomic mass is 16.5. The predicted octanol–water partition coefficient (Wildman–Crippen LogP) is 1.35. The van der Waals surface area contributed by atoms with E-state index in [1.807, 2.05) is 13.8 Å². The van der Waals surface area contributed by atoms with Crippen LogP contribution >= 0.6 is 0 Å². The lowest BCUT2D eigenvalue weighted by atomic mass is 10.1. The first-order valence-corrected chi connectivity index (χ1v) is 4.32. The number of aliphatic imine (C=N–C) groups is 1. The summed E-state index contributed by atoms with van der Waals surface area (Å²) in [6.45, 7) is 5.36. The number of ether oxygens (including phenoxy) is 1. The summed E-state index contributed by atoms with van der Waals surface area (Å²) in [5.41, 5.74) is 7.61. The Bertz CT molecular complexity index is 173. The molecule has 0 saturated carbocycles. The lowest BCUT2D eigenvalue weighted by Gasteiger charge is -2.14. The Balaban J connectivity index is 0.000000561. The normalized spacial score (nSPS) is 17.6. The molecule has 0 unspecified atom stereocenters. The summed E-state index contributed by atoms with van der Waals surface area (Å²) < 4.78 is 5.18. The molecule has 0 bridgehead atoms. The summed E-state index contributed by atoms with van der Waals surface area (Å²) in [5.74, 6) is 0. The lowest BCUT2D eigenvalue weighted by Crippen LogP contribution is -2.17. The number of nitrogens with two attached hydrogens (primary N) is 1. The van der Waals surface area contributed by atoms with E-state index in [-0.39, 0.29) is 0 Å². The fourth-order valence-electron chi connectivity index (χ4n) is 0.894. The Morgan fingerprint density at radius 2 is 2.17 bits per heavy atom. The molecule has 0 saturated heterocycles. The molecule has 1 rings (SSSR count). The van der Waals surface area contributed by atoms with Gasteiger partial charge >= 0.3 is 0 Å². The van der Waals surface area contributed by atoms with Gasteiger partial charge < -0.3 is 10.5 Å². The molecule has 2 N–H and O–H groups in total. The molecule has 0 atom stereocenters. The van der Waals surface area contributed by atoms with E-state index in [0.717, 1.165) is 24.3 Å². The van der Waals surface area contributed by atoms with Crippen molar-refractivity contribution < 1.29 is 4.74 Å². The van der Waals surface area contributed by atoms with E-state index >= 15 is 0 Å². The van der Waals surface area contributed by atoms with Crippen LogP contribution in [0.1, 0.15) is 20.3 Å². The van der Waals surface area contributed by atoms with E-state index in [9.17, 15) is 0 Å². The maximum absolute atomic E-state index is 5.67. The molecule has 0 aliphatic carbocycles. The Morgan fingerprint density at radius 3 is 2.67 bits per heavy atom. The third kappa shape index (κ3) is 3.53. The van der Waals surface area contributed by atoms with Crippen molar-refractivity contribution in [3.8, 4) is 0 Å². The lowest BCUT2D eigenvalue weighted by molar-refractivity contribution is 0.150. The summed E-state index contributed by atoms with van der Waals surface area (Å²) >= 11 is 0. The average molecular weight is 170 g/mol. The van der Waals surface area contributed by atoms with Gasteiger partial charge in [0.1, 0.15) is 0 Å². The molecule has 12 heavy (non-hydrogen) atoms. The second kappa shape index (κ2) is 6.85. The van der Waals surface area contributed by atoms with Gasteiger partial charge in [-0.1, -0.05) is 13.8 Å². The zero-order chi connectivity index (χ0) is 9.40. The van der Waals surface area contributed by atoms with E-state index in [1.54, 1.807) is 13.3 Å². The second-order valence-electron chi connectivity index (χ2n) is 2.24. The van der Waals surface area contributed by atoms with E-state index in [4.69, 9.17) is 10.5 Å². The molecule has 0 aromatic carbocycles. The van der Waals surface area contributed by atoms with Gasteiger partial charge in [0.25, 0.3) is 0 Å². The van der Waals surface area contributed by atoms with Gasteiger partial charge in [0.15, 0.2) is 0 Å². The molecule has 0 spiro atoms. The highest BCUT2D eigenvalue weighted by Gasteiger charge is 2.06. The second-order valence-corrected chi connectivity index (χ2v) is 2.24. The van der Waals surface area contributed by atoms with Gasteiger partial charge in [-0.3, -0.25) is 4.99 Å². The molecule has 1 aliphatic rings. The smallest absolute Gasteiger partial charge is 0.0748 e. The van der Waals surface area contributed by atoms with Crippen molar-refractivity contribution >= 4 is 6.21 Å². The molecule has 70 valence electrons. The zero-order valence-electron chi connectivity index (χ0n) is 8.13. The van der Waals surface area contributed by atoms with E-state index in [1.165, 1.54) is 0 Å². The molecule has 3 nitrogen and oxygen atoms in total. The molecule has 0 radical (unpaired) electrons. The minimum atomic E-state index is 0.614. The first-order valence-electron chi connectivity index (χ1n) is 4.32. The maximum atomic E-state index is 5.67. The van der Waals surface area contributed by atoms with Crippen molar-refractivity contribution in [1.82, 2.24) is 0 Å². The quantitative estimate of drug-likeness (QED) is 0.604. The maximum Gasteiger partial charge on any atom is 0.0748 e. The Kier molecular flexibility index (Phi) is 6.38. The molecular weight excluding hydrogens is 152 g/mol. The predicted molar refractivity (Wildman–Crippen MR) is 52.4 cm³/mol. The topological polar surface area (TPSA) is 47.6 Å². The van der Waals surface area contributed by atoms with Crippen molar-refractivity contribution in [2.24, 2.45) is 10.7 Å². The van der Waals surface area contributed by atoms with Crippen molar-refractivity contribution in [3.63, 3.8) is 0 Å². The van der Waals surface area contributed by atoms with Crippen LogP contribution < -0.4 is 5.73 Å². The largest absolute Gasteiger partial charge is 0.402 e. The van der Waals surface area contributed by atoms with Crippen LogP contribution in [0, 0.1) is 0 Å². The molecule has 1 heterocycles. The monoisotopic (exact) mass is 170 g/mol. The van der Waals surface area contributed by atoms with Crippen LogP contribution in [0.25, 0.3) is 0 Å². The van der Waals surface area contributed by atoms with Crippen LogP contribution in [0.2, 0.25) is 0 Å². The number of hydrogen-bond donors (Lipinski definition) is 1. The van der Waals surface area contributed by atoms with Crippen molar-refractivity contribution in [1.29, 1.82) is 0 Å². The molecular formula is C9H18N2O. The third-order valence-corrected chi connectivity index (χ3v) is 1.47. The van der Waals surface area contributed by atoms with Crippen molar-refractivity contribution in [2.75, 3.05) is 20.3 Å². The molecule has 0 aromatic heterocycles. The summed E-state index contributed by atoms with van der Waals surface area (Å²) in [4.78, 5) is 3.87. The number of nitrogens with zero attached hydrogens (tertiary/aromatic N) is 1. The van der Waals surface area contributed by atoms with Crippen LogP contribution in [0.5, 0.6) is 0 Å². The number of rotatable bonds is 1. The SMILES string of the molecule is CC.CN=CC1=C(N)CCOC1. The van der Waals surface area contributed by atoms with Gasteiger partial charge in [0.05, 0.1) is 13.2 Å². The number of hydrogen-bond acceptors (Lipinski definition) is 3. The van der Waals surface area contributed by atoms with Crippen molar-refractivity contribution in [3.05, 3.63) is 11.3 Å². The zero-order valence-corrected chi connectivity index (χ0v) is 8.13. The van der Waals surface area contributed by atoms with Gasteiger partial charge in [0, 0.05) is 31.0 Å². The first-order chi connectivity index (χ1) is 5.84. The summed E-state index contributed by atoms with van der Waals surface area (Å²) in [6, 6.07) is 0. The van der Waals surface area contributed by atoms with Crippen LogP contribution in [-0.2, 0) is 4.74 Å². The third-order valence-electron chi connectivity index (χ3n) is 1.47. The van der Waals surface area contributed by atoms with Crippen LogP contribution in [0.3, 0.4) is 0 Å². The highest BCUT2D eigenvalue weighted by molar-refractivity contribution is 5.79. The molecule has 0 aromatic rings. The van der Waals surface area contributed by atoms with E-state index in [0.29, 0.717) is 6.61 Å². The molecule has 0 fully saturated rings. The summed E-state index contributed by atoms with van der Waals surface area (Å²) in [7, 11) is 1.73. The summed E-state index contributed by atoms with van der Waals surface area (Å²) in [6.07, 6.45) is 2.59. The van der Waals surface area contributed by atoms with E-state index in [2.05, 4.69) is 4.99 Å². The standard InChI is InChI=1S/C7H12N2O.C2H6/c1-9-4-6-5-10-3-2-7(6)8;1-2/h4H,2-3,5,8H2,1H3;1-2H3. The fourth-order valence-corrected chi connectivity index (χ4v) is 0.894. The van der Waals surface area contributed by atoms with Crippen LogP contribution in [0.4, 0.5) is 0 Å². The van der Waals surface area contributed by atoms with Gasteiger partial charge in [-0.15, -0.1) is 0 Å². The van der Waals surface area contributed by atoms with Gasteiger partial charge in [-0.25, -0.2) is 0 Å². The Labute approximate surface area is 74.3 Å². The fraction of sp³-hybridized carbons (Fsp3) is 0.667. The average Bonchev–Trinajstić information content (AvgIpc) is 2.13. The molecule has 1 aliphatic heterocycles. The van der Waals surface area contributed by atoms with Gasteiger partial charge in [0.2, 0.25) is 0 Å². The van der Waals surface area contributed by atoms with Gasteiger partial charge in [-0.2, -0.15) is 0 Å². The minimum absolute atomic E-state index is 0.614. The Hall–Kier alpha value is -0.830. The van der Waals surface area contributed by atoms with Gasteiger partial charge in [-0.05, 0) is 0 Å². The van der Waals surface area contributed by atoms with Crippen molar-refractivity contribution in [2.45, 2.75) is 20.3 Å². The molecule has 0 amide bonds. The first kappa shape index (κ1) is 11.2. The van der Waals surface area contributed by atoms with Crippen LogP contribution in [0.15, 0.2) is 16.3 Å².